The first-order valence-corrected chi connectivity index (χ1v) is 6.31. The molecule has 0 aromatic carbocycles. The molecule has 1 rings (SSSR count). The highest BCUT2D eigenvalue weighted by Gasteiger charge is 2.22. The van der Waals surface area contributed by atoms with E-state index in [1.807, 2.05) is 0 Å². The van der Waals surface area contributed by atoms with Gasteiger partial charge in [-0.2, -0.15) is 0 Å². The Balaban J connectivity index is 1.88. The Kier molecular flexibility index (Phi) is 7.17. The third kappa shape index (κ3) is 5.47. The number of carbonyl (C=O) groups excluding carboxylic acids is 1. The van der Waals surface area contributed by atoms with Crippen LogP contribution < -0.4 is 5.32 Å². The van der Waals surface area contributed by atoms with E-state index in [1.165, 1.54) is 0 Å². The fraction of sp³-hybridized carbons (Fsp3) is 0.917. The molecule has 4 nitrogen and oxygen atoms in total. The van der Waals surface area contributed by atoms with Crippen LogP contribution in [0.5, 0.6) is 0 Å². The molecule has 0 bridgehead atoms. The summed E-state index contributed by atoms with van der Waals surface area (Å²) in [6.07, 6.45) is 4.80. The van der Waals surface area contributed by atoms with Crippen LogP contribution in [-0.4, -0.2) is 38.4 Å². The predicted molar refractivity (Wildman–Crippen MR) is 62.3 cm³/mol. The molecule has 4 heteroatoms. The van der Waals surface area contributed by atoms with Crippen molar-refractivity contribution >= 4 is 5.91 Å². The van der Waals surface area contributed by atoms with Crippen LogP contribution in [0.3, 0.4) is 0 Å². The van der Waals surface area contributed by atoms with Crippen molar-refractivity contribution < 1.29 is 14.3 Å². The van der Waals surface area contributed by atoms with E-state index >= 15 is 0 Å². The summed E-state index contributed by atoms with van der Waals surface area (Å²) in [5.74, 6) is 0.0334. The van der Waals surface area contributed by atoms with Crippen LogP contribution in [-0.2, 0) is 14.3 Å². The number of hydrogen-bond acceptors (Lipinski definition) is 3. The maximum Gasteiger partial charge on any atom is 0.249 e. The molecule has 1 heterocycles. The molecular formula is C12H23NO3. The normalized spacial score (nSPS) is 19.9. The van der Waals surface area contributed by atoms with Gasteiger partial charge in [-0.3, -0.25) is 4.79 Å². The second kappa shape index (κ2) is 8.53. The van der Waals surface area contributed by atoms with Crippen molar-refractivity contribution in [2.75, 3.05) is 26.4 Å². The molecule has 94 valence electrons. The van der Waals surface area contributed by atoms with E-state index in [2.05, 4.69) is 12.2 Å². The van der Waals surface area contributed by atoms with Gasteiger partial charge < -0.3 is 14.8 Å². The van der Waals surface area contributed by atoms with Crippen LogP contribution in [0.25, 0.3) is 0 Å². The zero-order valence-corrected chi connectivity index (χ0v) is 10.2. The summed E-state index contributed by atoms with van der Waals surface area (Å²) < 4.78 is 10.7. The fourth-order valence-corrected chi connectivity index (χ4v) is 1.63. The molecule has 1 aliphatic heterocycles. The lowest BCUT2D eigenvalue weighted by atomic mass is 10.2. The molecule has 0 saturated carbocycles. The molecule has 0 aliphatic carbocycles. The van der Waals surface area contributed by atoms with Gasteiger partial charge in [-0.1, -0.05) is 13.3 Å². The molecule has 0 aromatic rings. The van der Waals surface area contributed by atoms with Crippen molar-refractivity contribution in [2.45, 2.75) is 45.1 Å². The van der Waals surface area contributed by atoms with Gasteiger partial charge in [0.2, 0.25) is 5.91 Å². The average molecular weight is 229 g/mol. The Morgan fingerprint density at radius 1 is 1.44 bits per heavy atom. The van der Waals surface area contributed by atoms with Crippen LogP contribution in [0.2, 0.25) is 0 Å². The third-order valence-corrected chi connectivity index (χ3v) is 2.63. The molecule has 1 aliphatic rings. The lowest BCUT2D eigenvalue weighted by Gasteiger charge is -2.10. The summed E-state index contributed by atoms with van der Waals surface area (Å²) in [6, 6.07) is 0. The van der Waals surface area contributed by atoms with Gasteiger partial charge in [-0.05, 0) is 25.7 Å². The van der Waals surface area contributed by atoms with E-state index in [9.17, 15) is 4.79 Å². The fourth-order valence-electron chi connectivity index (χ4n) is 1.63. The van der Waals surface area contributed by atoms with E-state index in [4.69, 9.17) is 9.47 Å². The first-order chi connectivity index (χ1) is 7.84. The van der Waals surface area contributed by atoms with Gasteiger partial charge in [0, 0.05) is 26.4 Å². The lowest BCUT2D eigenvalue weighted by Crippen LogP contribution is -2.35. The van der Waals surface area contributed by atoms with Crippen molar-refractivity contribution in [3.63, 3.8) is 0 Å². The number of nitrogens with one attached hydrogen (secondary N) is 1. The molecule has 16 heavy (non-hydrogen) atoms. The van der Waals surface area contributed by atoms with Crippen LogP contribution in [0, 0.1) is 0 Å². The molecule has 0 aromatic heterocycles. The average Bonchev–Trinajstić information content (AvgIpc) is 2.81. The van der Waals surface area contributed by atoms with Gasteiger partial charge in [-0.15, -0.1) is 0 Å². The highest BCUT2D eigenvalue weighted by molar-refractivity contribution is 5.80. The Bertz CT molecular complexity index is 191. The maximum atomic E-state index is 11.5. The minimum atomic E-state index is -0.207. The van der Waals surface area contributed by atoms with Crippen molar-refractivity contribution in [3.05, 3.63) is 0 Å². The predicted octanol–water partition coefficient (Wildman–Crippen LogP) is 1.49. The van der Waals surface area contributed by atoms with Crippen LogP contribution in [0.15, 0.2) is 0 Å². The van der Waals surface area contributed by atoms with Gasteiger partial charge in [0.05, 0.1) is 0 Å². The van der Waals surface area contributed by atoms with Crippen LogP contribution in [0.1, 0.15) is 39.0 Å². The zero-order valence-electron chi connectivity index (χ0n) is 10.2. The minimum absolute atomic E-state index is 0.0334. The summed E-state index contributed by atoms with van der Waals surface area (Å²) in [5, 5.41) is 2.87. The Hall–Kier alpha value is -0.610. The summed E-state index contributed by atoms with van der Waals surface area (Å²) in [7, 11) is 0. The van der Waals surface area contributed by atoms with Crippen molar-refractivity contribution in [1.29, 1.82) is 0 Å². The minimum Gasteiger partial charge on any atom is -0.381 e. The van der Waals surface area contributed by atoms with E-state index in [0.29, 0.717) is 6.54 Å². The number of carbonyl (C=O) groups is 1. The molecule has 1 saturated heterocycles. The third-order valence-electron chi connectivity index (χ3n) is 2.63. The van der Waals surface area contributed by atoms with E-state index < -0.39 is 0 Å². The van der Waals surface area contributed by atoms with Crippen molar-refractivity contribution in [3.8, 4) is 0 Å². The van der Waals surface area contributed by atoms with Gasteiger partial charge >= 0.3 is 0 Å². The summed E-state index contributed by atoms with van der Waals surface area (Å²) in [6.45, 7) is 5.11. The molecule has 0 spiro atoms. The molecule has 1 unspecified atom stereocenters. The van der Waals surface area contributed by atoms with Gasteiger partial charge in [0.1, 0.15) is 6.10 Å². The SMILES string of the molecule is CCCCOCCCNC(=O)C1CCCO1. The number of unbranched alkanes of at least 4 members (excludes halogenated alkanes) is 1. The van der Waals surface area contributed by atoms with Gasteiger partial charge in [0.15, 0.2) is 0 Å². The van der Waals surface area contributed by atoms with Crippen molar-refractivity contribution in [1.82, 2.24) is 5.32 Å². The standard InChI is InChI=1S/C12H23NO3/c1-2-3-8-15-9-5-7-13-12(14)11-6-4-10-16-11/h11H,2-10H2,1H3,(H,13,14). The maximum absolute atomic E-state index is 11.5. The van der Waals surface area contributed by atoms with Crippen LogP contribution >= 0.6 is 0 Å². The molecule has 1 amide bonds. The van der Waals surface area contributed by atoms with Crippen molar-refractivity contribution in [2.24, 2.45) is 0 Å². The zero-order chi connectivity index (χ0) is 11.6. The first kappa shape index (κ1) is 13.5. The van der Waals surface area contributed by atoms with Gasteiger partial charge in [0.25, 0.3) is 0 Å². The summed E-state index contributed by atoms with van der Waals surface area (Å²) >= 11 is 0. The lowest BCUT2D eigenvalue weighted by molar-refractivity contribution is -0.130. The molecule has 1 N–H and O–H groups in total. The Labute approximate surface area is 97.7 Å². The Morgan fingerprint density at radius 3 is 2.94 bits per heavy atom. The first-order valence-electron chi connectivity index (χ1n) is 6.31. The summed E-state index contributed by atoms with van der Waals surface area (Å²) in [5.41, 5.74) is 0. The smallest absolute Gasteiger partial charge is 0.249 e. The second-order valence-corrected chi connectivity index (χ2v) is 4.11. The monoisotopic (exact) mass is 229 g/mol. The number of ether oxygens (including phenoxy) is 2. The van der Waals surface area contributed by atoms with E-state index in [-0.39, 0.29) is 12.0 Å². The highest BCUT2D eigenvalue weighted by Crippen LogP contribution is 2.11. The quantitative estimate of drug-likeness (QED) is 0.641. The number of amides is 1. The van der Waals surface area contributed by atoms with Gasteiger partial charge in [-0.25, -0.2) is 0 Å². The molecule has 1 fully saturated rings. The highest BCUT2D eigenvalue weighted by atomic mass is 16.5. The Morgan fingerprint density at radius 2 is 2.25 bits per heavy atom. The molecule has 1 atom stereocenters. The number of hydrogen-bond donors (Lipinski definition) is 1. The largest absolute Gasteiger partial charge is 0.381 e. The topological polar surface area (TPSA) is 47.6 Å². The second-order valence-electron chi connectivity index (χ2n) is 4.11. The van der Waals surface area contributed by atoms with E-state index in [1.54, 1.807) is 0 Å². The summed E-state index contributed by atoms with van der Waals surface area (Å²) in [4.78, 5) is 11.5. The number of rotatable bonds is 8. The molecular weight excluding hydrogens is 206 g/mol. The molecule has 0 radical (unpaired) electrons. The van der Waals surface area contributed by atoms with E-state index in [0.717, 1.165) is 51.9 Å². The van der Waals surface area contributed by atoms with Crippen LogP contribution in [0.4, 0.5) is 0 Å².